The molecule has 0 fully saturated rings. The van der Waals surface area contributed by atoms with Crippen LogP contribution in [-0.2, 0) is 9.53 Å². The third-order valence-electron chi connectivity index (χ3n) is 4.65. The normalized spacial score (nSPS) is 13.0. The Balaban J connectivity index is 2.04. The molecule has 3 aromatic rings. The molecule has 3 rings (SSSR count). The van der Waals surface area contributed by atoms with Gasteiger partial charge >= 0.3 is 5.97 Å². The van der Waals surface area contributed by atoms with Crippen LogP contribution in [0.3, 0.4) is 0 Å². The number of aliphatic hydroxyl groups excluding tert-OH is 1. The van der Waals surface area contributed by atoms with Gasteiger partial charge in [-0.1, -0.05) is 0 Å². The first-order valence-corrected chi connectivity index (χ1v) is 10.2. The molecule has 2 heterocycles. The van der Waals surface area contributed by atoms with E-state index in [4.69, 9.17) is 9.47 Å². The van der Waals surface area contributed by atoms with Crippen LogP contribution in [0.25, 0.3) is 11.5 Å². The zero-order valence-corrected chi connectivity index (χ0v) is 19.2. The number of carbonyl (C=O) groups is 2. The van der Waals surface area contributed by atoms with E-state index < -0.39 is 18.3 Å². The van der Waals surface area contributed by atoms with Crippen molar-refractivity contribution in [3.05, 3.63) is 45.1 Å². The van der Waals surface area contributed by atoms with E-state index in [1.54, 1.807) is 39.0 Å². The summed E-state index contributed by atoms with van der Waals surface area (Å²) in [6.07, 6.45) is -1.69. The Kier molecular flexibility index (Phi) is 6.56. The van der Waals surface area contributed by atoms with Crippen molar-refractivity contribution >= 4 is 27.7 Å². The highest BCUT2D eigenvalue weighted by molar-refractivity contribution is 9.10. The molecule has 0 aliphatic carbocycles. The molecule has 0 saturated heterocycles. The number of benzene rings is 1. The molecule has 0 amide bonds. The zero-order chi connectivity index (χ0) is 22.9. The van der Waals surface area contributed by atoms with Crippen molar-refractivity contribution in [3.8, 4) is 17.3 Å². The SMILES string of the molecule is COc1ccc(C(=O)c2c(C(C)O)[nH]c(-c3nnn(C(C)OC(C)=O)n3)c2C)cc1Br. The number of aromatic amines is 1. The zero-order valence-electron chi connectivity index (χ0n) is 17.6. The maximum Gasteiger partial charge on any atom is 0.304 e. The molecule has 0 radical (unpaired) electrons. The van der Waals surface area contributed by atoms with Crippen LogP contribution in [0.5, 0.6) is 5.75 Å². The highest BCUT2D eigenvalue weighted by Crippen LogP contribution is 2.32. The molecular formula is C20H22BrN5O5. The van der Waals surface area contributed by atoms with E-state index in [0.29, 0.717) is 38.3 Å². The maximum atomic E-state index is 13.3. The van der Waals surface area contributed by atoms with Crippen LogP contribution in [-0.4, -0.2) is 49.2 Å². The van der Waals surface area contributed by atoms with E-state index in [1.807, 2.05) is 0 Å². The standard InChI is InChI=1S/C20H22BrN5O5/c1-9-16(19(29)13-6-7-15(30-5)14(21)8-13)18(10(2)27)22-17(9)20-23-25-26(24-20)11(3)31-12(4)28/h6-8,10-11,22,27H,1-5H3. The van der Waals surface area contributed by atoms with Crippen LogP contribution in [0, 0.1) is 6.92 Å². The van der Waals surface area contributed by atoms with E-state index in [0.717, 1.165) is 4.80 Å². The fourth-order valence-electron chi connectivity index (χ4n) is 3.17. The number of H-pyrrole nitrogens is 1. The van der Waals surface area contributed by atoms with Crippen LogP contribution in [0.4, 0.5) is 0 Å². The van der Waals surface area contributed by atoms with Crippen LogP contribution >= 0.6 is 15.9 Å². The number of esters is 1. The Morgan fingerprint density at radius 2 is 2.00 bits per heavy atom. The molecule has 2 N–H and O–H groups in total. The van der Waals surface area contributed by atoms with Gasteiger partial charge in [-0.3, -0.25) is 9.59 Å². The lowest BCUT2D eigenvalue weighted by atomic mass is 9.97. The van der Waals surface area contributed by atoms with Crippen molar-refractivity contribution in [1.82, 2.24) is 25.2 Å². The number of nitrogens with zero attached hydrogens (tertiary/aromatic N) is 4. The lowest BCUT2D eigenvalue weighted by molar-refractivity contribution is -0.151. The summed E-state index contributed by atoms with van der Waals surface area (Å²) in [5.41, 5.74) is 2.09. The van der Waals surface area contributed by atoms with Gasteiger partial charge in [0.1, 0.15) is 5.75 Å². The average Bonchev–Trinajstić information content (AvgIpc) is 3.31. The minimum atomic E-state index is -0.942. The number of aromatic nitrogens is 5. The Morgan fingerprint density at radius 1 is 1.29 bits per heavy atom. The van der Waals surface area contributed by atoms with Gasteiger partial charge in [-0.2, -0.15) is 0 Å². The monoisotopic (exact) mass is 491 g/mol. The number of ether oxygens (including phenoxy) is 2. The first-order chi connectivity index (χ1) is 14.6. The predicted molar refractivity (Wildman–Crippen MR) is 114 cm³/mol. The summed E-state index contributed by atoms with van der Waals surface area (Å²) in [5.74, 6) is 0.0483. The number of aliphatic hydroxyl groups is 1. The Bertz CT molecular complexity index is 1140. The molecule has 0 saturated carbocycles. The van der Waals surface area contributed by atoms with Gasteiger partial charge in [-0.15, -0.1) is 15.0 Å². The number of hydrogen-bond donors (Lipinski definition) is 2. The summed E-state index contributed by atoms with van der Waals surface area (Å²) in [6, 6.07) is 5.00. The van der Waals surface area contributed by atoms with Gasteiger partial charge in [0.05, 0.1) is 29.1 Å². The summed E-state index contributed by atoms with van der Waals surface area (Å²) < 4.78 is 10.9. The molecule has 0 bridgehead atoms. The first kappa shape index (κ1) is 22.6. The largest absolute Gasteiger partial charge is 0.496 e. The van der Waals surface area contributed by atoms with Crippen molar-refractivity contribution in [2.24, 2.45) is 0 Å². The van der Waals surface area contributed by atoms with Crippen LogP contribution in [0.15, 0.2) is 22.7 Å². The van der Waals surface area contributed by atoms with Gasteiger partial charge < -0.3 is 19.6 Å². The second kappa shape index (κ2) is 8.98. The average molecular weight is 492 g/mol. The Hall–Kier alpha value is -3.05. The molecule has 0 aliphatic rings. The smallest absolute Gasteiger partial charge is 0.304 e. The summed E-state index contributed by atoms with van der Waals surface area (Å²) >= 11 is 3.39. The van der Waals surface area contributed by atoms with Crippen molar-refractivity contribution in [3.63, 3.8) is 0 Å². The van der Waals surface area contributed by atoms with E-state index in [2.05, 4.69) is 36.3 Å². The molecule has 11 heteroatoms. The number of rotatable bonds is 7. The number of halogens is 1. The predicted octanol–water partition coefficient (Wildman–Crippen LogP) is 3.11. The highest BCUT2D eigenvalue weighted by atomic mass is 79.9. The molecule has 2 aromatic heterocycles. The lowest BCUT2D eigenvalue weighted by Crippen LogP contribution is -2.15. The fraction of sp³-hybridized carbons (Fsp3) is 0.350. The van der Waals surface area contributed by atoms with Gasteiger partial charge in [0.15, 0.2) is 5.78 Å². The summed E-state index contributed by atoms with van der Waals surface area (Å²) in [5, 5.41) is 22.4. The van der Waals surface area contributed by atoms with E-state index in [-0.39, 0.29) is 11.6 Å². The third kappa shape index (κ3) is 4.52. The van der Waals surface area contributed by atoms with E-state index >= 15 is 0 Å². The minimum absolute atomic E-state index is 0.202. The number of tetrazole rings is 1. The van der Waals surface area contributed by atoms with Gasteiger partial charge in [0.2, 0.25) is 12.1 Å². The Labute approximate surface area is 186 Å². The fourth-order valence-corrected chi connectivity index (χ4v) is 3.71. The number of ketones is 1. The number of methoxy groups -OCH3 is 1. The number of nitrogens with one attached hydrogen (secondary N) is 1. The van der Waals surface area contributed by atoms with Crippen LogP contribution in [0.1, 0.15) is 60.3 Å². The van der Waals surface area contributed by atoms with Gasteiger partial charge in [-0.25, -0.2) is 0 Å². The van der Waals surface area contributed by atoms with Crippen molar-refractivity contribution < 1.29 is 24.2 Å². The summed E-state index contributed by atoms with van der Waals surface area (Å²) in [6.45, 7) is 6.18. The molecule has 1 aromatic carbocycles. The molecule has 10 nitrogen and oxygen atoms in total. The first-order valence-electron chi connectivity index (χ1n) is 9.39. The molecule has 0 spiro atoms. The van der Waals surface area contributed by atoms with Crippen LogP contribution in [0.2, 0.25) is 0 Å². The minimum Gasteiger partial charge on any atom is -0.496 e. The lowest BCUT2D eigenvalue weighted by Gasteiger charge is -2.09. The molecule has 164 valence electrons. The quantitative estimate of drug-likeness (QED) is 0.380. The van der Waals surface area contributed by atoms with Crippen molar-refractivity contribution in [2.45, 2.75) is 40.0 Å². The van der Waals surface area contributed by atoms with Gasteiger partial charge in [0, 0.05) is 18.1 Å². The van der Waals surface area contributed by atoms with E-state index in [1.165, 1.54) is 14.0 Å². The number of carbonyl (C=O) groups excluding carboxylic acids is 2. The van der Waals surface area contributed by atoms with Gasteiger partial charge in [0.25, 0.3) is 0 Å². The molecule has 2 atom stereocenters. The van der Waals surface area contributed by atoms with Crippen LogP contribution < -0.4 is 4.74 Å². The molecule has 2 unspecified atom stereocenters. The van der Waals surface area contributed by atoms with Crippen molar-refractivity contribution in [1.29, 1.82) is 0 Å². The number of hydrogen-bond acceptors (Lipinski definition) is 8. The van der Waals surface area contributed by atoms with E-state index in [9.17, 15) is 14.7 Å². The molecular weight excluding hydrogens is 470 g/mol. The second-order valence-corrected chi connectivity index (χ2v) is 7.76. The summed E-state index contributed by atoms with van der Waals surface area (Å²) in [7, 11) is 1.54. The maximum absolute atomic E-state index is 13.3. The summed E-state index contributed by atoms with van der Waals surface area (Å²) in [4.78, 5) is 28.7. The Morgan fingerprint density at radius 3 is 2.58 bits per heavy atom. The third-order valence-corrected chi connectivity index (χ3v) is 5.27. The molecule has 0 aliphatic heterocycles. The highest BCUT2D eigenvalue weighted by Gasteiger charge is 2.27. The molecule has 31 heavy (non-hydrogen) atoms. The topological polar surface area (TPSA) is 132 Å². The second-order valence-electron chi connectivity index (χ2n) is 6.91. The van der Waals surface area contributed by atoms with Crippen molar-refractivity contribution in [2.75, 3.05) is 7.11 Å². The van der Waals surface area contributed by atoms with Gasteiger partial charge in [-0.05, 0) is 65.7 Å².